The zero-order valence-electron chi connectivity index (χ0n) is 10.5. The van der Waals surface area contributed by atoms with Crippen molar-refractivity contribution in [1.82, 2.24) is 9.62 Å². The van der Waals surface area contributed by atoms with E-state index in [-0.39, 0.29) is 17.1 Å². The number of nitrogens with one attached hydrogen (secondary N) is 1. The Bertz CT molecular complexity index is 505. The lowest BCUT2D eigenvalue weighted by Gasteiger charge is -2.14. The molecule has 0 aromatic heterocycles. The molecule has 0 spiro atoms. The van der Waals surface area contributed by atoms with Gasteiger partial charge in [0.15, 0.2) is 0 Å². The lowest BCUT2D eigenvalue weighted by molar-refractivity contribution is 0.358. The molecule has 0 saturated heterocycles. The van der Waals surface area contributed by atoms with Crippen LogP contribution in [-0.4, -0.2) is 40.0 Å². The van der Waals surface area contributed by atoms with Gasteiger partial charge in [0.05, 0.1) is 0 Å². The normalized spacial score (nSPS) is 12.0. The molecule has 7 heteroatoms. The fraction of sp³-hybridized carbons (Fsp3) is 0.455. The van der Waals surface area contributed by atoms with E-state index in [9.17, 15) is 12.8 Å². The van der Waals surface area contributed by atoms with E-state index < -0.39 is 15.8 Å². The lowest BCUT2D eigenvalue weighted by Crippen LogP contribution is -2.33. The molecule has 0 radical (unpaired) electrons. The van der Waals surface area contributed by atoms with Gasteiger partial charge in [-0.3, -0.25) is 0 Å². The van der Waals surface area contributed by atoms with Crippen molar-refractivity contribution in [2.24, 2.45) is 0 Å². The number of likely N-dealkylation sites (N-methyl/N-ethyl adjacent to an activating group) is 1. The van der Waals surface area contributed by atoms with Crippen molar-refractivity contribution in [2.75, 3.05) is 32.4 Å². The van der Waals surface area contributed by atoms with Gasteiger partial charge in [0.1, 0.15) is 10.7 Å². The van der Waals surface area contributed by atoms with Crippen LogP contribution in [0.5, 0.6) is 0 Å². The second-order valence-corrected chi connectivity index (χ2v) is 5.72. The summed E-state index contributed by atoms with van der Waals surface area (Å²) in [7, 11) is -1.95. The predicted octanol–water partition coefficient (Wildman–Crippen LogP) is 0.638. The maximum absolute atomic E-state index is 13.5. The molecule has 0 aliphatic rings. The average molecular weight is 275 g/mol. The summed E-state index contributed by atoms with van der Waals surface area (Å²) in [6.07, 6.45) is 0. The number of nitrogen functional groups attached to an aromatic ring is 1. The topological polar surface area (TPSA) is 75.4 Å². The molecule has 18 heavy (non-hydrogen) atoms. The lowest BCUT2D eigenvalue weighted by atomic mass is 10.3. The molecule has 0 amide bonds. The molecular formula is C11H18FN3O2S. The van der Waals surface area contributed by atoms with Crippen molar-refractivity contribution in [3.8, 4) is 0 Å². The van der Waals surface area contributed by atoms with Crippen molar-refractivity contribution in [3.63, 3.8) is 0 Å². The van der Waals surface area contributed by atoms with Crippen LogP contribution in [0.3, 0.4) is 0 Å². The maximum atomic E-state index is 13.5. The van der Waals surface area contributed by atoms with Gasteiger partial charge in [0.2, 0.25) is 10.0 Å². The highest BCUT2D eigenvalue weighted by Crippen LogP contribution is 2.16. The van der Waals surface area contributed by atoms with E-state index in [1.165, 1.54) is 6.07 Å². The van der Waals surface area contributed by atoms with E-state index in [1.807, 2.05) is 18.9 Å². The zero-order chi connectivity index (χ0) is 13.8. The molecule has 0 heterocycles. The minimum atomic E-state index is -3.82. The smallest absolute Gasteiger partial charge is 0.243 e. The Morgan fingerprint density at radius 1 is 1.44 bits per heavy atom. The summed E-state index contributed by atoms with van der Waals surface area (Å²) in [4.78, 5) is 1.57. The molecule has 0 bridgehead atoms. The van der Waals surface area contributed by atoms with Crippen molar-refractivity contribution < 1.29 is 12.8 Å². The molecule has 5 nitrogen and oxygen atoms in total. The molecule has 1 aromatic carbocycles. The molecule has 0 fully saturated rings. The number of nitrogens with zero attached hydrogens (tertiary/aromatic N) is 1. The summed E-state index contributed by atoms with van der Waals surface area (Å²) in [5.41, 5.74) is 5.56. The Balaban J connectivity index is 2.74. The molecule has 0 unspecified atom stereocenters. The standard InChI is InChI=1S/C11H18FN3O2S/c1-3-15(2)7-6-14-18(16,17)11-5-4-9(13)8-10(11)12/h4-5,8,14H,3,6-7,13H2,1-2H3. The van der Waals surface area contributed by atoms with Crippen LogP contribution in [0.15, 0.2) is 23.1 Å². The highest BCUT2D eigenvalue weighted by Gasteiger charge is 2.18. The Morgan fingerprint density at radius 3 is 2.67 bits per heavy atom. The van der Waals surface area contributed by atoms with Gasteiger partial charge in [0, 0.05) is 18.8 Å². The Labute approximate surface area is 107 Å². The van der Waals surface area contributed by atoms with Crippen LogP contribution in [0.4, 0.5) is 10.1 Å². The number of halogens is 1. The molecule has 3 N–H and O–H groups in total. The van der Waals surface area contributed by atoms with Gasteiger partial charge in [-0.25, -0.2) is 17.5 Å². The fourth-order valence-electron chi connectivity index (χ4n) is 1.34. The SMILES string of the molecule is CCN(C)CCNS(=O)(=O)c1ccc(N)cc1F. The van der Waals surface area contributed by atoms with Crippen molar-refractivity contribution in [3.05, 3.63) is 24.0 Å². The molecule has 0 aliphatic heterocycles. The average Bonchev–Trinajstić information content (AvgIpc) is 2.27. The summed E-state index contributed by atoms with van der Waals surface area (Å²) < 4.78 is 39.5. The molecular weight excluding hydrogens is 257 g/mol. The first-order valence-electron chi connectivity index (χ1n) is 5.60. The van der Waals surface area contributed by atoms with Crippen LogP contribution in [-0.2, 0) is 10.0 Å². The summed E-state index contributed by atoms with van der Waals surface area (Å²) in [6, 6.07) is 3.51. The van der Waals surface area contributed by atoms with E-state index in [2.05, 4.69) is 4.72 Å². The van der Waals surface area contributed by atoms with Crippen LogP contribution in [0.2, 0.25) is 0 Å². The molecule has 102 valence electrons. The van der Waals surface area contributed by atoms with E-state index in [1.54, 1.807) is 0 Å². The van der Waals surface area contributed by atoms with Crippen LogP contribution < -0.4 is 10.5 Å². The number of rotatable bonds is 6. The Hall–Kier alpha value is -1.18. The maximum Gasteiger partial charge on any atom is 0.243 e. The number of hydrogen-bond acceptors (Lipinski definition) is 4. The minimum Gasteiger partial charge on any atom is -0.399 e. The van der Waals surface area contributed by atoms with Crippen molar-refractivity contribution in [1.29, 1.82) is 0 Å². The predicted molar refractivity (Wildman–Crippen MR) is 69.2 cm³/mol. The van der Waals surface area contributed by atoms with E-state index >= 15 is 0 Å². The molecule has 1 aromatic rings. The van der Waals surface area contributed by atoms with Crippen LogP contribution in [0.25, 0.3) is 0 Å². The van der Waals surface area contributed by atoms with Crippen LogP contribution >= 0.6 is 0 Å². The quantitative estimate of drug-likeness (QED) is 0.747. The molecule has 0 atom stereocenters. The van der Waals surface area contributed by atoms with Gasteiger partial charge in [-0.2, -0.15) is 0 Å². The van der Waals surface area contributed by atoms with E-state index in [4.69, 9.17) is 5.73 Å². The summed E-state index contributed by atoms with van der Waals surface area (Å²) in [6.45, 7) is 3.58. The van der Waals surface area contributed by atoms with Gasteiger partial charge < -0.3 is 10.6 Å². The second kappa shape index (κ2) is 6.12. The Kier molecular flexibility index (Phi) is 5.06. The molecule has 0 saturated carbocycles. The first-order chi connectivity index (χ1) is 8.36. The second-order valence-electron chi connectivity index (χ2n) is 3.98. The number of benzene rings is 1. The van der Waals surface area contributed by atoms with Gasteiger partial charge in [-0.05, 0) is 31.8 Å². The number of hydrogen-bond donors (Lipinski definition) is 2. The first-order valence-corrected chi connectivity index (χ1v) is 7.08. The third kappa shape index (κ3) is 3.94. The van der Waals surface area contributed by atoms with Gasteiger partial charge in [-0.1, -0.05) is 6.92 Å². The zero-order valence-corrected chi connectivity index (χ0v) is 11.3. The van der Waals surface area contributed by atoms with Gasteiger partial charge in [0.25, 0.3) is 0 Å². The fourth-order valence-corrected chi connectivity index (χ4v) is 2.42. The molecule has 1 rings (SSSR count). The molecule has 0 aliphatic carbocycles. The number of nitrogens with two attached hydrogens (primary N) is 1. The Morgan fingerprint density at radius 2 is 2.11 bits per heavy atom. The number of sulfonamides is 1. The van der Waals surface area contributed by atoms with Crippen molar-refractivity contribution in [2.45, 2.75) is 11.8 Å². The van der Waals surface area contributed by atoms with Crippen LogP contribution in [0, 0.1) is 5.82 Å². The third-order valence-corrected chi connectivity index (χ3v) is 4.07. The van der Waals surface area contributed by atoms with Crippen molar-refractivity contribution >= 4 is 15.7 Å². The summed E-state index contributed by atoms with van der Waals surface area (Å²) >= 11 is 0. The van der Waals surface area contributed by atoms with E-state index in [0.717, 1.165) is 18.7 Å². The summed E-state index contributed by atoms with van der Waals surface area (Å²) in [5, 5.41) is 0. The minimum absolute atomic E-state index is 0.192. The number of anilines is 1. The first kappa shape index (κ1) is 14.9. The largest absolute Gasteiger partial charge is 0.399 e. The van der Waals surface area contributed by atoms with E-state index in [0.29, 0.717) is 6.54 Å². The highest BCUT2D eigenvalue weighted by molar-refractivity contribution is 7.89. The monoisotopic (exact) mass is 275 g/mol. The summed E-state index contributed by atoms with van der Waals surface area (Å²) in [5.74, 6) is -0.841. The highest BCUT2D eigenvalue weighted by atomic mass is 32.2. The van der Waals surface area contributed by atoms with Gasteiger partial charge >= 0.3 is 0 Å². The van der Waals surface area contributed by atoms with Crippen LogP contribution in [0.1, 0.15) is 6.92 Å². The third-order valence-electron chi connectivity index (χ3n) is 2.57. The van der Waals surface area contributed by atoms with Gasteiger partial charge in [-0.15, -0.1) is 0 Å².